The Kier molecular flexibility index (Phi) is 6.55. The molecule has 0 saturated carbocycles. The molecule has 1 amide bonds. The Morgan fingerprint density at radius 3 is 2.68 bits per heavy atom. The summed E-state index contributed by atoms with van der Waals surface area (Å²) in [5, 5.41) is 3.20. The van der Waals surface area contributed by atoms with Crippen LogP contribution in [0, 0.1) is 0 Å². The van der Waals surface area contributed by atoms with E-state index < -0.39 is 6.09 Å². The smallest absolute Gasteiger partial charge is 0.407 e. The Labute approximate surface area is 142 Å². The van der Waals surface area contributed by atoms with Crippen LogP contribution in [-0.4, -0.2) is 19.2 Å². The number of carbonyl (C=O) groups is 1. The van der Waals surface area contributed by atoms with Crippen molar-refractivity contribution >= 4 is 33.6 Å². The van der Waals surface area contributed by atoms with Crippen LogP contribution < -0.4 is 10.1 Å². The third kappa shape index (κ3) is 5.58. The van der Waals surface area contributed by atoms with Gasteiger partial charge in [0.1, 0.15) is 19.0 Å². The van der Waals surface area contributed by atoms with Gasteiger partial charge in [-0.3, -0.25) is 0 Å². The molecule has 2 rings (SSSR count). The van der Waals surface area contributed by atoms with E-state index in [4.69, 9.17) is 21.1 Å². The molecule has 0 atom stereocenters. The van der Waals surface area contributed by atoms with E-state index in [2.05, 4.69) is 21.2 Å². The molecule has 0 aliphatic carbocycles. The van der Waals surface area contributed by atoms with E-state index in [-0.39, 0.29) is 6.61 Å². The molecule has 0 bridgehead atoms. The fourth-order valence-corrected chi connectivity index (χ4v) is 2.08. The predicted molar refractivity (Wildman–Crippen MR) is 89.3 cm³/mol. The highest BCUT2D eigenvalue weighted by Crippen LogP contribution is 2.26. The van der Waals surface area contributed by atoms with Crippen LogP contribution >= 0.6 is 27.5 Å². The minimum Gasteiger partial charge on any atom is -0.492 e. The zero-order valence-corrected chi connectivity index (χ0v) is 14.1. The summed E-state index contributed by atoms with van der Waals surface area (Å²) in [6, 6.07) is 14.8. The van der Waals surface area contributed by atoms with Gasteiger partial charge in [-0.05, 0) is 39.7 Å². The van der Waals surface area contributed by atoms with Crippen molar-refractivity contribution in [3.63, 3.8) is 0 Å². The number of hydrogen-bond acceptors (Lipinski definition) is 3. The van der Waals surface area contributed by atoms with Gasteiger partial charge < -0.3 is 14.8 Å². The van der Waals surface area contributed by atoms with Crippen molar-refractivity contribution in [1.82, 2.24) is 5.32 Å². The van der Waals surface area contributed by atoms with Gasteiger partial charge in [0, 0.05) is 4.47 Å². The number of nitrogens with one attached hydrogen (secondary N) is 1. The summed E-state index contributed by atoms with van der Waals surface area (Å²) in [7, 11) is 0. The van der Waals surface area contributed by atoms with Crippen LogP contribution in [-0.2, 0) is 11.3 Å². The molecule has 0 unspecified atom stereocenters. The van der Waals surface area contributed by atoms with E-state index in [1.54, 1.807) is 18.2 Å². The standard InChI is InChI=1S/C16H15BrClNO3/c17-14-7-6-13(10-15(14)18)21-9-8-19-16(20)22-11-12-4-2-1-3-5-12/h1-7,10H,8-9,11H2,(H,19,20). The first-order chi connectivity index (χ1) is 10.6. The topological polar surface area (TPSA) is 47.6 Å². The molecule has 2 aromatic rings. The van der Waals surface area contributed by atoms with Crippen molar-refractivity contribution in [2.24, 2.45) is 0 Å². The maximum atomic E-state index is 11.5. The van der Waals surface area contributed by atoms with Crippen LogP contribution in [0.1, 0.15) is 5.56 Å². The average molecular weight is 385 g/mol. The van der Waals surface area contributed by atoms with Crippen LogP contribution in [0.2, 0.25) is 5.02 Å². The average Bonchev–Trinajstić information content (AvgIpc) is 2.54. The molecule has 0 saturated heterocycles. The first-order valence-corrected chi connectivity index (χ1v) is 7.84. The van der Waals surface area contributed by atoms with Crippen LogP contribution in [0.4, 0.5) is 4.79 Å². The zero-order valence-electron chi connectivity index (χ0n) is 11.7. The second-order valence-electron chi connectivity index (χ2n) is 4.41. The van der Waals surface area contributed by atoms with Gasteiger partial charge in [0.05, 0.1) is 11.6 Å². The van der Waals surface area contributed by atoms with Gasteiger partial charge in [0.25, 0.3) is 0 Å². The first kappa shape index (κ1) is 16.6. The van der Waals surface area contributed by atoms with Crippen molar-refractivity contribution in [3.8, 4) is 5.75 Å². The summed E-state index contributed by atoms with van der Waals surface area (Å²) in [6.45, 7) is 0.926. The molecule has 2 aromatic carbocycles. The van der Waals surface area contributed by atoms with E-state index >= 15 is 0 Å². The minimum atomic E-state index is -0.471. The summed E-state index contributed by atoms with van der Waals surface area (Å²) in [5.41, 5.74) is 0.943. The minimum absolute atomic E-state index is 0.246. The number of hydrogen-bond donors (Lipinski definition) is 1. The van der Waals surface area contributed by atoms with Crippen molar-refractivity contribution < 1.29 is 14.3 Å². The molecule has 22 heavy (non-hydrogen) atoms. The second-order valence-corrected chi connectivity index (χ2v) is 5.67. The second kappa shape index (κ2) is 8.66. The Balaban J connectivity index is 1.63. The van der Waals surface area contributed by atoms with Gasteiger partial charge in [-0.15, -0.1) is 0 Å². The van der Waals surface area contributed by atoms with Crippen LogP contribution in [0.15, 0.2) is 53.0 Å². The fraction of sp³-hybridized carbons (Fsp3) is 0.188. The number of amides is 1. The van der Waals surface area contributed by atoms with Crippen LogP contribution in [0.25, 0.3) is 0 Å². The lowest BCUT2D eigenvalue weighted by atomic mass is 10.2. The van der Waals surface area contributed by atoms with Crippen molar-refractivity contribution in [2.75, 3.05) is 13.2 Å². The summed E-state index contributed by atoms with van der Waals surface area (Å²) in [6.07, 6.45) is -0.471. The predicted octanol–water partition coefficient (Wildman–Crippen LogP) is 4.41. The highest BCUT2D eigenvalue weighted by molar-refractivity contribution is 9.10. The van der Waals surface area contributed by atoms with Crippen molar-refractivity contribution in [1.29, 1.82) is 0 Å². The number of benzene rings is 2. The highest BCUT2D eigenvalue weighted by atomic mass is 79.9. The number of rotatable bonds is 6. The summed E-state index contributed by atoms with van der Waals surface area (Å²) in [5.74, 6) is 0.646. The maximum Gasteiger partial charge on any atom is 0.407 e. The van der Waals surface area contributed by atoms with Gasteiger partial charge in [0.2, 0.25) is 0 Å². The Morgan fingerprint density at radius 1 is 1.18 bits per heavy atom. The molecule has 0 heterocycles. The molecule has 0 spiro atoms. The molecule has 0 radical (unpaired) electrons. The van der Waals surface area contributed by atoms with Gasteiger partial charge in [-0.1, -0.05) is 41.9 Å². The fourth-order valence-electron chi connectivity index (χ4n) is 1.66. The number of alkyl carbamates (subject to hydrolysis) is 1. The number of ether oxygens (including phenoxy) is 2. The van der Waals surface area contributed by atoms with E-state index in [9.17, 15) is 4.79 Å². The van der Waals surface area contributed by atoms with E-state index in [0.29, 0.717) is 23.9 Å². The van der Waals surface area contributed by atoms with Gasteiger partial charge >= 0.3 is 6.09 Å². The highest BCUT2D eigenvalue weighted by Gasteiger charge is 2.03. The summed E-state index contributed by atoms with van der Waals surface area (Å²) < 4.78 is 11.4. The number of carbonyl (C=O) groups excluding carboxylic acids is 1. The molecule has 0 aromatic heterocycles. The third-order valence-electron chi connectivity index (χ3n) is 2.74. The molecule has 0 aliphatic heterocycles. The lowest BCUT2D eigenvalue weighted by molar-refractivity contribution is 0.137. The summed E-state index contributed by atoms with van der Waals surface area (Å²) in [4.78, 5) is 11.5. The monoisotopic (exact) mass is 383 g/mol. The molecule has 116 valence electrons. The largest absolute Gasteiger partial charge is 0.492 e. The van der Waals surface area contributed by atoms with E-state index in [1.165, 1.54) is 0 Å². The molecule has 0 fully saturated rings. The Bertz CT molecular complexity index is 622. The van der Waals surface area contributed by atoms with Crippen molar-refractivity contribution in [3.05, 3.63) is 63.6 Å². The lowest BCUT2D eigenvalue weighted by Crippen LogP contribution is -2.28. The van der Waals surface area contributed by atoms with E-state index in [1.807, 2.05) is 30.3 Å². The molecule has 4 nitrogen and oxygen atoms in total. The Morgan fingerprint density at radius 2 is 1.95 bits per heavy atom. The Hall–Kier alpha value is -1.72. The van der Waals surface area contributed by atoms with Crippen LogP contribution in [0.5, 0.6) is 5.75 Å². The molecule has 0 aliphatic rings. The summed E-state index contributed by atoms with van der Waals surface area (Å²) >= 11 is 9.27. The van der Waals surface area contributed by atoms with Gasteiger partial charge in [0.15, 0.2) is 0 Å². The normalized spacial score (nSPS) is 10.1. The quantitative estimate of drug-likeness (QED) is 0.751. The molecule has 6 heteroatoms. The molecular formula is C16H15BrClNO3. The third-order valence-corrected chi connectivity index (χ3v) is 3.98. The lowest BCUT2D eigenvalue weighted by Gasteiger charge is -2.09. The SMILES string of the molecule is O=C(NCCOc1ccc(Br)c(Cl)c1)OCc1ccccc1. The van der Waals surface area contributed by atoms with Gasteiger partial charge in [-0.25, -0.2) is 4.79 Å². The van der Waals surface area contributed by atoms with Crippen molar-refractivity contribution in [2.45, 2.75) is 6.61 Å². The van der Waals surface area contributed by atoms with E-state index in [0.717, 1.165) is 10.0 Å². The number of halogens is 2. The molecular weight excluding hydrogens is 370 g/mol. The molecule has 1 N–H and O–H groups in total. The van der Waals surface area contributed by atoms with Gasteiger partial charge in [-0.2, -0.15) is 0 Å². The van der Waals surface area contributed by atoms with Crippen LogP contribution in [0.3, 0.4) is 0 Å². The maximum absolute atomic E-state index is 11.5. The zero-order chi connectivity index (χ0) is 15.8. The first-order valence-electron chi connectivity index (χ1n) is 6.67.